The first-order valence-electron chi connectivity index (χ1n) is 12.9. The molecule has 5 aromatic rings. The number of nitrogens with zero attached hydrogens (tertiary/aromatic N) is 2. The average molecular weight is 516 g/mol. The molecule has 0 fully saturated rings. The summed E-state index contributed by atoms with van der Waals surface area (Å²) in [6.45, 7) is 4.33. The van der Waals surface area contributed by atoms with Crippen molar-refractivity contribution in [2.24, 2.45) is 5.92 Å². The molecule has 1 aromatic heterocycles. The van der Waals surface area contributed by atoms with Crippen molar-refractivity contribution in [1.82, 2.24) is 9.78 Å². The second-order valence-corrected chi connectivity index (χ2v) is 9.63. The van der Waals surface area contributed by atoms with Gasteiger partial charge in [0, 0.05) is 22.4 Å². The van der Waals surface area contributed by atoms with Crippen LogP contribution >= 0.6 is 0 Å². The Morgan fingerprint density at radius 1 is 0.769 bits per heavy atom. The van der Waals surface area contributed by atoms with Gasteiger partial charge in [0.15, 0.2) is 0 Å². The van der Waals surface area contributed by atoms with Crippen LogP contribution in [0.5, 0.6) is 0 Å². The molecule has 0 atom stereocenters. The van der Waals surface area contributed by atoms with Crippen LogP contribution in [0, 0.1) is 5.92 Å². The maximum absolute atomic E-state index is 12.9. The summed E-state index contributed by atoms with van der Waals surface area (Å²) in [7, 11) is 0. The number of rotatable bonds is 8. The summed E-state index contributed by atoms with van der Waals surface area (Å²) < 4.78 is 7.16. The van der Waals surface area contributed by atoms with E-state index in [0.717, 1.165) is 28.2 Å². The number of hydrogen-bond donors (Lipinski definition) is 1. The van der Waals surface area contributed by atoms with Crippen LogP contribution in [0.4, 0.5) is 5.69 Å². The van der Waals surface area contributed by atoms with Crippen LogP contribution in [0.1, 0.15) is 34.6 Å². The second-order valence-electron chi connectivity index (χ2n) is 9.63. The molecule has 0 unspecified atom stereocenters. The number of esters is 1. The van der Waals surface area contributed by atoms with Gasteiger partial charge in [-0.2, -0.15) is 5.10 Å². The molecular formula is C33H29N3O3. The lowest BCUT2D eigenvalue weighted by molar-refractivity contribution is 0.0459. The molecule has 0 saturated heterocycles. The van der Waals surface area contributed by atoms with Gasteiger partial charge in [-0.1, -0.05) is 74.5 Å². The number of amides is 1. The van der Waals surface area contributed by atoms with Crippen molar-refractivity contribution in [3.8, 4) is 28.2 Å². The standard InChI is InChI=1S/C33H29N3O3/c1-23(2)22-39-33(38)27-13-17-28(18-14-27)34-32(37)26-15-19-29(20-16-26)36-31(25-11-7-4-8-12-25)21-30(35-36)24-9-5-3-6-10-24/h3-21,23H,22H2,1-2H3,(H,34,37). The van der Waals surface area contributed by atoms with Gasteiger partial charge < -0.3 is 10.1 Å². The van der Waals surface area contributed by atoms with Gasteiger partial charge in [0.05, 0.1) is 29.2 Å². The van der Waals surface area contributed by atoms with Gasteiger partial charge in [0.25, 0.3) is 5.91 Å². The predicted molar refractivity (Wildman–Crippen MR) is 154 cm³/mol. The number of carbonyl (C=O) groups excluding carboxylic acids is 2. The summed E-state index contributed by atoms with van der Waals surface area (Å²) in [6, 6.07) is 36.2. The quantitative estimate of drug-likeness (QED) is 0.221. The fraction of sp³-hybridized carbons (Fsp3) is 0.121. The van der Waals surface area contributed by atoms with E-state index in [2.05, 4.69) is 23.5 Å². The highest BCUT2D eigenvalue weighted by atomic mass is 16.5. The highest BCUT2D eigenvalue weighted by molar-refractivity contribution is 6.04. The van der Waals surface area contributed by atoms with E-state index in [-0.39, 0.29) is 17.8 Å². The number of anilines is 1. The minimum absolute atomic E-state index is 0.245. The molecule has 5 rings (SSSR count). The number of benzene rings is 4. The molecule has 0 radical (unpaired) electrons. The van der Waals surface area contributed by atoms with Gasteiger partial charge in [0.1, 0.15) is 0 Å². The van der Waals surface area contributed by atoms with Gasteiger partial charge in [-0.15, -0.1) is 0 Å². The van der Waals surface area contributed by atoms with Crippen LogP contribution < -0.4 is 5.32 Å². The van der Waals surface area contributed by atoms with Gasteiger partial charge in [-0.25, -0.2) is 9.48 Å². The first-order chi connectivity index (χ1) is 19.0. The van der Waals surface area contributed by atoms with Crippen LogP contribution in [-0.4, -0.2) is 28.3 Å². The maximum atomic E-state index is 12.9. The number of ether oxygens (including phenoxy) is 1. The summed E-state index contributed by atoms with van der Waals surface area (Å²) in [5.74, 6) is -0.352. The molecule has 4 aromatic carbocycles. The molecule has 194 valence electrons. The van der Waals surface area contributed by atoms with Gasteiger partial charge in [0.2, 0.25) is 0 Å². The van der Waals surface area contributed by atoms with Crippen molar-refractivity contribution < 1.29 is 14.3 Å². The Morgan fingerprint density at radius 2 is 1.36 bits per heavy atom. The lowest BCUT2D eigenvalue weighted by Crippen LogP contribution is -2.13. The number of nitrogens with one attached hydrogen (secondary N) is 1. The van der Waals surface area contributed by atoms with Crippen molar-refractivity contribution in [3.63, 3.8) is 0 Å². The zero-order valence-corrected chi connectivity index (χ0v) is 21.9. The summed E-state index contributed by atoms with van der Waals surface area (Å²) in [4.78, 5) is 25.0. The summed E-state index contributed by atoms with van der Waals surface area (Å²) in [6.07, 6.45) is 0. The van der Waals surface area contributed by atoms with E-state index in [1.54, 1.807) is 36.4 Å². The van der Waals surface area contributed by atoms with Crippen LogP contribution in [0.15, 0.2) is 115 Å². The molecule has 0 saturated carbocycles. The Bertz CT molecular complexity index is 1560. The van der Waals surface area contributed by atoms with E-state index in [1.165, 1.54) is 0 Å². The smallest absolute Gasteiger partial charge is 0.338 e. The van der Waals surface area contributed by atoms with E-state index < -0.39 is 0 Å². The second kappa shape index (κ2) is 11.6. The lowest BCUT2D eigenvalue weighted by atomic mass is 10.1. The van der Waals surface area contributed by atoms with Crippen LogP contribution in [0.3, 0.4) is 0 Å². The SMILES string of the molecule is CC(C)COC(=O)c1ccc(NC(=O)c2ccc(-n3nc(-c4ccccc4)cc3-c3ccccc3)cc2)cc1. The summed E-state index contributed by atoms with van der Waals surface area (Å²) in [5.41, 5.74) is 6.30. The summed E-state index contributed by atoms with van der Waals surface area (Å²) >= 11 is 0. The van der Waals surface area contributed by atoms with Crippen LogP contribution in [0.25, 0.3) is 28.2 Å². The molecule has 1 amide bonds. The Balaban J connectivity index is 1.34. The Kier molecular flexibility index (Phi) is 7.64. The third kappa shape index (κ3) is 6.13. The van der Waals surface area contributed by atoms with E-state index in [0.29, 0.717) is 23.4 Å². The molecule has 0 aliphatic heterocycles. The predicted octanol–water partition coefficient (Wildman–Crippen LogP) is 7.27. The molecule has 0 spiro atoms. The third-order valence-corrected chi connectivity index (χ3v) is 6.15. The molecule has 0 aliphatic carbocycles. The third-order valence-electron chi connectivity index (χ3n) is 6.15. The highest BCUT2D eigenvalue weighted by Gasteiger charge is 2.14. The minimum Gasteiger partial charge on any atom is -0.462 e. The first-order valence-corrected chi connectivity index (χ1v) is 12.9. The fourth-order valence-electron chi connectivity index (χ4n) is 4.12. The molecule has 0 bridgehead atoms. The van der Waals surface area contributed by atoms with Crippen molar-refractivity contribution in [1.29, 1.82) is 0 Å². The highest BCUT2D eigenvalue weighted by Crippen LogP contribution is 2.29. The average Bonchev–Trinajstić information content (AvgIpc) is 3.43. The van der Waals surface area contributed by atoms with Gasteiger partial charge in [-0.3, -0.25) is 4.79 Å². The summed E-state index contributed by atoms with van der Waals surface area (Å²) in [5, 5.41) is 7.78. The van der Waals surface area contributed by atoms with E-state index >= 15 is 0 Å². The minimum atomic E-state index is -0.374. The van der Waals surface area contributed by atoms with Crippen molar-refractivity contribution >= 4 is 17.6 Å². The Hall–Kier alpha value is -4.97. The molecular weight excluding hydrogens is 486 g/mol. The zero-order valence-electron chi connectivity index (χ0n) is 21.9. The van der Waals surface area contributed by atoms with Crippen LogP contribution in [-0.2, 0) is 4.74 Å². The monoisotopic (exact) mass is 515 g/mol. The molecule has 1 heterocycles. The maximum Gasteiger partial charge on any atom is 0.338 e. The largest absolute Gasteiger partial charge is 0.462 e. The number of carbonyl (C=O) groups is 2. The van der Waals surface area contributed by atoms with E-state index in [1.807, 2.05) is 79.2 Å². The van der Waals surface area contributed by atoms with Crippen LogP contribution in [0.2, 0.25) is 0 Å². The topological polar surface area (TPSA) is 73.2 Å². The van der Waals surface area contributed by atoms with Crippen molar-refractivity contribution in [3.05, 3.63) is 126 Å². The van der Waals surface area contributed by atoms with Crippen molar-refractivity contribution in [2.75, 3.05) is 11.9 Å². The lowest BCUT2D eigenvalue weighted by Gasteiger charge is -2.10. The number of aromatic nitrogens is 2. The first kappa shape index (κ1) is 25.7. The molecule has 0 aliphatic rings. The Morgan fingerprint density at radius 3 is 1.97 bits per heavy atom. The Labute approximate surface area is 227 Å². The fourth-order valence-corrected chi connectivity index (χ4v) is 4.12. The van der Waals surface area contributed by atoms with E-state index in [4.69, 9.17) is 9.84 Å². The normalized spacial score (nSPS) is 10.8. The molecule has 6 nitrogen and oxygen atoms in total. The van der Waals surface area contributed by atoms with Crippen molar-refractivity contribution in [2.45, 2.75) is 13.8 Å². The van der Waals surface area contributed by atoms with Gasteiger partial charge >= 0.3 is 5.97 Å². The molecule has 39 heavy (non-hydrogen) atoms. The molecule has 6 heteroatoms. The number of hydrogen-bond acceptors (Lipinski definition) is 4. The molecule has 1 N–H and O–H groups in total. The zero-order chi connectivity index (χ0) is 27.2. The van der Waals surface area contributed by atoms with E-state index in [9.17, 15) is 9.59 Å². The van der Waals surface area contributed by atoms with Gasteiger partial charge in [-0.05, 0) is 60.5 Å².